The number of rotatable bonds is 2. The molecule has 5 heteroatoms. The number of carbonyl (C=O) groups excluding carboxylic acids is 1. The molecule has 3 aliphatic rings. The summed E-state index contributed by atoms with van der Waals surface area (Å²) in [5.41, 5.74) is 20.8. The fourth-order valence-electron chi connectivity index (χ4n) is 9.20. The van der Waals surface area contributed by atoms with Crippen molar-refractivity contribution in [2.75, 3.05) is 10.6 Å². The topological polar surface area (TPSA) is 66.9 Å². The second-order valence-corrected chi connectivity index (χ2v) is 16.9. The van der Waals surface area contributed by atoms with Gasteiger partial charge >= 0.3 is 0 Å². The molecule has 2 N–H and O–H groups in total. The van der Waals surface area contributed by atoms with Gasteiger partial charge in [0.05, 0.1) is 0 Å². The maximum atomic E-state index is 13.3. The lowest BCUT2D eigenvalue weighted by Crippen LogP contribution is -2.25. The predicted octanol–water partition coefficient (Wildman–Crippen LogP) is 13.8. The van der Waals surface area contributed by atoms with Crippen LogP contribution in [-0.2, 0) is 10.8 Å². The first-order valence-corrected chi connectivity index (χ1v) is 20.6. The molecule has 0 bridgehead atoms. The zero-order chi connectivity index (χ0) is 41.6. The zero-order valence-electron chi connectivity index (χ0n) is 35.0. The van der Waals surface area contributed by atoms with Gasteiger partial charge in [0.25, 0.3) is 0 Å². The first-order valence-electron chi connectivity index (χ1n) is 20.6. The minimum atomic E-state index is 0.0818. The van der Waals surface area contributed by atoms with Crippen molar-refractivity contribution >= 4 is 28.5 Å². The molecule has 2 aliphatic heterocycles. The van der Waals surface area contributed by atoms with E-state index in [9.17, 15) is 4.79 Å². The molecule has 0 atom stereocenters. The first kappa shape index (κ1) is 38.4. The second-order valence-electron chi connectivity index (χ2n) is 16.9. The lowest BCUT2D eigenvalue weighted by Gasteiger charge is -2.35. The molecule has 294 valence electrons. The third kappa shape index (κ3) is 6.76. The minimum absolute atomic E-state index is 0.0818. The number of fused-ring (bicyclic) bond motifs is 7. The average Bonchev–Trinajstić information content (AvgIpc) is 3.52. The van der Waals surface area contributed by atoms with Gasteiger partial charge < -0.3 is 10.6 Å². The summed E-state index contributed by atoms with van der Waals surface area (Å²) in [6, 6.07) is 50.4. The van der Waals surface area contributed by atoms with Crippen LogP contribution in [0, 0.1) is 13.8 Å². The fraction of sp³-hybridized carbons (Fsp3) is 0.145. The Hall–Kier alpha value is -7.11. The number of ketones is 1. The molecule has 0 fully saturated rings. The predicted molar refractivity (Wildman–Crippen MR) is 248 cm³/mol. The van der Waals surface area contributed by atoms with Crippen LogP contribution < -0.4 is 10.6 Å². The number of hydrogen-bond acceptors (Lipinski definition) is 5. The van der Waals surface area contributed by atoms with Gasteiger partial charge in [-0.3, -0.25) is 14.8 Å². The van der Waals surface area contributed by atoms with E-state index < -0.39 is 0 Å². The number of aryl methyl sites for hydroxylation is 2. The van der Waals surface area contributed by atoms with Gasteiger partial charge in [-0.15, -0.1) is 0 Å². The number of nitrogens with zero attached hydrogens (tertiary/aromatic N) is 2. The third-order valence-corrected chi connectivity index (χ3v) is 12.4. The maximum absolute atomic E-state index is 13.3. The van der Waals surface area contributed by atoms with Gasteiger partial charge in [0.1, 0.15) is 0 Å². The first-order chi connectivity index (χ1) is 29.0. The molecule has 0 saturated heterocycles. The summed E-state index contributed by atoms with van der Waals surface area (Å²) < 4.78 is 0. The molecular weight excluding hydrogens is 733 g/mol. The number of nitrogens with one attached hydrogen (secondary N) is 2. The molecule has 0 radical (unpaired) electrons. The Morgan fingerprint density at radius 3 is 1.00 bits per heavy atom. The van der Waals surface area contributed by atoms with E-state index in [2.05, 4.69) is 171 Å². The Balaban J connectivity index is 0.000000124. The molecule has 0 amide bonds. The Morgan fingerprint density at radius 2 is 0.683 bits per heavy atom. The van der Waals surface area contributed by atoms with Crippen LogP contribution in [0.3, 0.4) is 0 Å². The van der Waals surface area contributed by atoms with E-state index >= 15 is 0 Å². The molecule has 4 heterocycles. The summed E-state index contributed by atoms with van der Waals surface area (Å²) in [5.74, 6) is 0.0932. The van der Waals surface area contributed by atoms with Crippen molar-refractivity contribution in [3.05, 3.63) is 215 Å². The molecule has 6 aromatic carbocycles. The Kier molecular flexibility index (Phi) is 9.76. The molecule has 0 spiro atoms. The third-order valence-electron chi connectivity index (χ3n) is 12.4. The number of benzene rings is 6. The van der Waals surface area contributed by atoms with Crippen LogP contribution >= 0.6 is 0 Å². The Morgan fingerprint density at radius 1 is 0.383 bits per heavy atom. The quantitative estimate of drug-likeness (QED) is 0.183. The molecule has 0 saturated carbocycles. The summed E-state index contributed by atoms with van der Waals surface area (Å²) in [6.45, 7) is 13.3. The van der Waals surface area contributed by atoms with Gasteiger partial charge in [-0.1, -0.05) is 113 Å². The van der Waals surface area contributed by atoms with Crippen molar-refractivity contribution in [2.24, 2.45) is 0 Å². The summed E-state index contributed by atoms with van der Waals surface area (Å²) in [7, 11) is 0. The standard InChI is InChI=1S/C25H18N2O.2C15H15N/c1-15-11-21-22-12-16(2)20(18-5-9-27-10-6-18)14-24(22)25(28)23(21)13-19(15)17-3-7-26-8-4-17;2*1-15(2)11-7-3-5-9-13(11)16-14-10-6-4-8-12(14)15/h3-14H,1-2H3;2*3-10,16H,1-2H3. The molecule has 2 aromatic heterocycles. The van der Waals surface area contributed by atoms with Gasteiger partial charge in [0.15, 0.2) is 5.78 Å². The van der Waals surface area contributed by atoms with Gasteiger partial charge in [0.2, 0.25) is 0 Å². The summed E-state index contributed by atoms with van der Waals surface area (Å²) >= 11 is 0. The van der Waals surface area contributed by atoms with Crippen molar-refractivity contribution < 1.29 is 4.79 Å². The molecule has 5 nitrogen and oxygen atoms in total. The Bertz CT molecular complexity index is 2620. The largest absolute Gasteiger partial charge is 0.355 e. The van der Waals surface area contributed by atoms with Crippen LogP contribution in [0.4, 0.5) is 22.7 Å². The molecule has 1 aliphatic carbocycles. The lowest BCUT2D eigenvalue weighted by molar-refractivity contribution is 0.104. The average molecular weight is 781 g/mol. The number of pyridine rings is 2. The van der Waals surface area contributed by atoms with Crippen LogP contribution in [0.1, 0.15) is 77.0 Å². The number of anilines is 4. The van der Waals surface area contributed by atoms with Crippen molar-refractivity contribution in [3.63, 3.8) is 0 Å². The summed E-state index contributed by atoms with van der Waals surface area (Å²) in [4.78, 5) is 21.4. The highest BCUT2D eigenvalue weighted by Crippen LogP contribution is 2.47. The number of aromatic nitrogens is 2. The highest BCUT2D eigenvalue weighted by Gasteiger charge is 2.33. The van der Waals surface area contributed by atoms with E-state index in [0.29, 0.717) is 0 Å². The molecule has 0 unspecified atom stereocenters. The monoisotopic (exact) mass is 780 g/mol. The van der Waals surface area contributed by atoms with Crippen LogP contribution in [0.5, 0.6) is 0 Å². The fourth-order valence-corrected chi connectivity index (χ4v) is 9.20. The van der Waals surface area contributed by atoms with Gasteiger partial charge in [0, 0.05) is 69.5 Å². The molecule has 11 rings (SSSR count). The van der Waals surface area contributed by atoms with Crippen molar-refractivity contribution in [3.8, 4) is 33.4 Å². The number of hydrogen-bond donors (Lipinski definition) is 2. The SMILES string of the molecule is CC1(C)c2ccccc2Nc2ccccc21.CC1(C)c2ccccc2Nc2ccccc21.Cc1cc2c(cc1-c1ccncc1)C(=O)c1cc(-c3ccncc3)c(C)cc1-2. The molecule has 60 heavy (non-hydrogen) atoms. The highest BCUT2D eigenvalue weighted by molar-refractivity contribution is 6.23. The van der Waals surface area contributed by atoms with E-state index in [0.717, 1.165) is 55.6 Å². The number of carbonyl (C=O) groups is 1. The van der Waals surface area contributed by atoms with Crippen LogP contribution in [0.2, 0.25) is 0 Å². The molecular formula is C55H48N4O. The Labute approximate surface area is 353 Å². The van der Waals surface area contributed by atoms with Crippen LogP contribution in [-0.4, -0.2) is 15.8 Å². The van der Waals surface area contributed by atoms with E-state index in [1.54, 1.807) is 24.8 Å². The normalized spacial score (nSPS) is 14.1. The van der Waals surface area contributed by atoms with E-state index in [4.69, 9.17) is 0 Å². The minimum Gasteiger partial charge on any atom is -0.355 e. The van der Waals surface area contributed by atoms with E-state index in [-0.39, 0.29) is 16.6 Å². The van der Waals surface area contributed by atoms with Gasteiger partial charge in [-0.2, -0.15) is 0 Å². The zero-order valence-corrected chi connectivity index (χ0v) is 35.0. The second kappa shape index (κ2) is 15.2. The van der Waals surface area contributed by atoms with Crippen molar-refractivity contribution in [1.29, 1.82) is 0 Å². The lowest BCUT2D eigenvalue weighted by atomic mass is 9.74. The highest BCUT2D eigenvalue weighted by atomic mass is 16.1. The van der Waals surface area contributed by atoms with Gasteiger partial charge in [-0.05, 0) is 141 Å². The maximum Gasteiger partial charge on any atom is 0.194 e. The molecule has 8 aromatic rings. The van der Waals surface area contributed by atoms with E-state index in [1.165, 1.54) is 45.0 Å². The smallest absolute Gasteiger partial charge is 0.194 e. The van der Waals surface area contributed by atoms with Crippen LogP contribution in [0.15, 0.2) is 170 Å². The van der Waals surface area contributed by atoms with Gasteiger partial charge in [-0.25, -0.2) is 0 Å². The summed E-state index contributed by atoms with van der Waals surface area (Å²) in [5, 5.41) is 6.99. The van der Waals surface area contributed by atoms with Crippen LogP contribution in [0.25, 0.3) is 33.4 Å². The van der Waals surface area contributed by atoms with Crippen molar-refractivity contribution in [1.82, 2.24) is 9.97 Å². The number of para-hydroxylation sites is 4. The van der Waals surface area contributed by atoms with E-state index in [1.807, 2.05) is 36.4 Å². The summed E-state index contributed by atoms with van der Waals surface area (Å²) in [6.07, 6.45) is 7.12. The van der Waals surface area contributed by atoms with Crippen molar-refractivity contribution in [2.45, 2.75) is 52.4 Å².